The zero-order chi connectivity index (χ0) is 18.4. The minimum absolute atomic E-state index is 0.138. The fourth-order valence-corrected chi connectivity index (χ4v) is 2.07. The van der Waals surface area contributed by atoms with Crippen molar-refractivity contribution in [3.8, 4) is 0 Å². The minimum atomic E-state index is -4.52. The summed E-state index contributed by atoms with van der Waals surface area (Å²) in [6.07, 6.45) is -3.60. The number of rotatable bonds is 4. The van der Waals surface area contributed by atoms with E-state index < -0.39 is 17.6 Å². The first-order valence-electron chi connectivity index (χ1n) is 7.15. The van der Waals surface area contributed by atoms with Gasteiger partial charge in [0.2, 0.25) is 5.91 Å². The maximum atomic E-state index is 12.9. The Morgan fingerprint density at radius 3 is 2.36 bits per heavy atom. The highest BCUT2D eigenvalue weighted by Gasteiger charge is 2.32. The van der Waals surface area contributed by atoms with E-state index in [0.717, 1.165) is 12.3 Å². The van der Waals surface area contributed by atoms with Crippen molar-refractivity contribution < 1.29 is 22.8 Å². The number of anilines is 1. The number of nitrogens with one attached hydrogen (secondary N) is 2. The zero-order valence-electron chi connectivity index (χ0n) is 13.1. The molecule has 0 unspecified atom stereocenters. The van der Waals surface area contributed by atoms with Crippen LogP contribution in [0.4, 0.5) is 18.9 Å². The second-order valence-electron chi connectivity index (χ2n) is 5.01. The normalized spacial score (nSPS) is 11.4. The van der Waals surface area contributed by atoms with E-state index in [4.69, 9.17) is 0 Å². The summed E-state index contributed by atoms with van der Waals surface area (Å²) in [6.45, 7) is 1.29. The van der Waals surface area contributed by atoms with E-state index in [1.165, 1.54) is 37.3 Å². The molecule has 0 spiro atoms. The molecule has 0 saturated heterocycles. The Labute approximate surface area is 141 Å². The molecule has 130 valence electrons. The number of nitrogens with zero attached hydrogens (tertiary/aromatic N) is 1. The maximum Gasteiger partial charge on any atom is 0.417 e. The van der Waals surface area contributed by atoms with Gasteiger partial charge >= 0.3 is 6.18 Å². The van der Waals surface area contributed by atoms with Gasteiger partial charge in [-0.3, -0.25) is 9.59 Å². The van der Waals surface area contributed by atoms with Crippen LogP contribution in [-0.2, 0) is 11.0 Å². The van der Waals surface area contributed by atoms with E-state index in [9.17, 15) is 22.8 Å². The predicted molar refractivity (Wildman–Crippen MR) is 87.2 cm³/mol. The summed E-state index contributed by atoms with van der Waals surface area (Å²) in [5.74, 6) is -1.02. The van der Waals surface area contributed by atoms with Crippen molar-refractivity contribution in [2.24, 2.45) is 5.10 Å². The van der Waals surface area contributed by atoms with Crippen LogP contribution in [0.2, 0.25) is 0 Å². The van der Waals surface area contributed by atoms with Gasteiger partial charge in [-0.2, -0.15) is 18.3 Å². The molecule has 8 heteroatoms. The first-order chi connectivity index (χ1) is 11.8. The van der Waals surface area contributed by atoms with Crippen LogP contribution in [0, 0.1) is 0 Å². The van der Waals surface area contributed by atoms with Crippen molar-refractivity contribution >= 4 is 23.7 Å². The molecular formula is C17H14F3N3O2. The average molecular weight is 349 g/mol. The molecule has 0 radical (unpaired) electrons. The van der Waals surface area contributed by atoms with Crippen LogP contribution >= 0.6 is 0 Å². The molecular weight excluding hydrogens is 335 g/mol. The SMILES string of the molecule is CC(=O)Nc1ccccc1C(=O)NN=Cc1ccccc1C(F)(F)F. The van der Waals surface area contributed by atoms with Gasteiger partial charge in [-0.25, -0.2) is 5.43 Å². The van der Waals surface area contributed by atoms with E-state index in [1.807, 2.05) is 0 Å². The quantitative estimate of drug-likeness (QED) is 0.656. The molecule has 25 heavy (non-hydrogen) atoms. The van der Waals surface area contributed by atoms with Crippen LogP contribution in [0.25, 0.3) is 0 Å². The third kappa shape index (κ3) is 4.90. The molecule has 2 aromatic carbocycles. The number of hydrazone groups is 1. The molecule has 0 aromatic heterocycles. The Bertz CT molecular complexity index is 817. The van der Waals surface area contributed by atoms with Crippen LogP contribution in [0.5, 0.6) is 0 Å². The third-order valence-corrected chi connectivity index (χ3v) is 3.12. The summed E-state index contributed by atoms with van der Waals surface area (Å²) >= 11 is 0. The summed E-state index contributed by atoms with van der Waals surface area (Å²) in [4.78, 5) is 23.3. The summed E-state index contributed by atoms with van der Waals surface area (Å²) in [7, 11) is 0. The first-order valence-corrected chi connectivity index (χ1v) is 7.15. The number of carbonyl (C=O) groups is 2. The van der Waals surface area contributed by atoms with Gasteiger partial charge < -0.3 is 5.32 Å². The summed E-state index contributed by atoms with van der Waals surface area (Å²) in [5.41, 5.74) is 1.54. The lowest BCUT2D eigenvalue weighted by atomic mass is 10.1. The first kappa shape index (κ1) is 18.2. The van der Waals surface area contributed by atoms with E-state index in [2.05, 4.69) is 15.8 Å². The molecule has 0 saturated carbocycles. The summed E-state index contributed by atoms with van der Waals surface area (Å²) in [5, 5.41) is 6.07. The van der Waals surface area contributed by atoms with Gasteiger partial charge in [0.1, 0.15) is 0 Å². The molecule has 0 fully saturated rings. The number of amides is 2. The minimum Gasteiger partial charge on any atom is -0.326 e. The number of hydrogen-bond donors (Lipinski definition) is 2. The lowest BCUT2D eigenvalue weighted by Crippen LogP contribution is -2.20. The zero-order valence-corrected chi connectivity index (χ0v) is 13.1. The third-order valence-electron chi connectivity index (χ3n) is 3.12. The number of para-hydroxylation sites is 1. The molecule has 2 aromatic rings. The Morgan fingerprint density at radius 1 is 1.04 bits per heavy atom. The van der Waals surface area contributed by atoms with Crippen LogP contribution in [0.3, 0.4) is 0 Å². The van der Waals surface area contributed by atoms with Crippen LogP contribution in [-0.4, -0.2) is 18.0 Å². The molecule has 0 bridgehead atoms. The van der Waals surface area contributed by atoms with Gasteiger partial charge in [-0.1, -0.05) is 30.3 Å². The smallest absolute Gasteiger partial charge is 0.326 e. The molecule has 5 nitrogen and oxygen atoms in total. The van der Waals surface area contributed by atoms with Crippen LogP contribution < -0.4 is 10.7 Å². The Morgan fingerprint density at radius 2 is 1.68 bits per heavy atom. The van der Waals surface area contributed by atoms with E-state index in [1.54, 1.807) is 12.1 Å². The van der Waals surface area contributed by atoms with Crippen LogP contribution in [0.15, 0.2) is 53.6 Å². The Hall–Kier alpha value is -3.16. The number of alkyl halides is 3. The van der Waals surface area contributed by atoms with Gasteiger partial charge in [0.25, 0.3) is 5.91 Å². The summed E-state index contributed by atoms with van der Waals surface area (Å²) in [6, 6.07) is 11.1. The molecule has 0 aliphatic heterocycles. The summed E-state index contributed by atoms with van der Waals surface area (Å²) < 4.78 is 38.7. The van der Waals surface area contributed by atoms with Crippen molar-refractivity contribution in [3.63, 3.8) is 0 Å². The number of carbonyl (C=O) groups excluding carboxylic acids is 2. The fraction of sp³-hybridized carbons (Fsp3) is 0.118. The van der Waals surface area contributed by atoms with Crippen LogP contribution in [0.1, 0.15) is 28.4 Å². The lowest BCUT2D eigenvalue weighted by Gasteiger charge is -2.10. The molecule has 0 aliphatic carbocycles. The average Bonchev–Trinajstić information content (AvgIpc) is 2.54. The fourth-order valence-electron chi connectivity index (χ4n) is 2.07. The van der Waals surface area contributed by atoms with E-state index in [-0.39, 0.29) is 22.7 Å². The van der Waals surface area contributed by atoms with Crippen molar-refractivity contribution in [2.45, 2.75) is 13.1 Å². The largest absolute Gasteiger partial charge is 0.417 e. The van der Waals surface area contributed by atoms with Crippen molar-refractivity contribution in [1.29, 1.82) is 0 Å². The highest BCUT2D eigenvalue weighted by molar-refractivity contribution is 6.03. The van der Waals surface area contributed by atoms with Gasteiger partial charge in [-0.15, -0.1) is 0 Å². The molecule has 2 rings (SSSR count). The van der Waals surface area contributed by atoms with Gasteiger partial charge in [-0.05, 0) is 18.2 Å². The Balaban J connectivity index is 2.16. The number of hydrogen-bond acceptors (Lipinski definition) is 3. The highest BCUT2D eigenvalue weighted by atomic mass is 19.4. The second-order valence-corrected chi connectivity index (χ2v) is 5.01. The highest BCUT2D eigenvalue weighted by Crippen LogP contribution is 2.31. The van der Waals surface area contributed by atoms with Gasteiger partial charge in [0.15, 0.2) is 0 Å². The molecule has 0 atom stereocenters. The maximum absolute atomic E-state index is 12.9. The number of benzene rings is 2. The van der Waals surface area contributed by atoms with E-state index in [0.29, 0.717) is 0 Å². The predicted octanol–water partition coefficient (Wildman–Crippen LogP) is 3.43. The monoisotopic (exact) mass is 349 g/mol. The topological polar surface area (TPSA) is 70.6 Å². The van der Waals surface area contributed by atoms with Crippen molar-refractivity contribution in [1.82, 2.24) is 5.43 Å². The van der Waals surface area contributed by atoms with Crippen molar-refractivity contribution in [2.75, 3.05) is 5.32 Å². The van der Waals surface area contributed by atoms with Gasteiger partial charge in [0.05, 0.1) is 23.0 Å². The second kappa shape index (κ2) is 7.61. The van der Waals surface area contributed by atoms with Crippen molar-refractivity contribution in [3.05, 3.63) is 65.2 Å². The number of halogens is 3. The molecule has 2 amide bonds. The van der Waals surface area contributed by atoms with Gasteiger partial charge in [0, 0.05) is 12.5 Å². The lowest BCUT2D eigenvalue weighted by molar-refractivity contribution is -0.137. The standard InChI is InChI=1S/C17H14F3N3O2/c1-11(24)22-15-9-5-3-7-13(15)16(25)23-21-10-12-6-2-4-8-14(12)17(18,19)20/h2-10H,1H3,(H,22,24)(H,23,25). The Kier molecular flexibility index (Phi) is 5.53. The molecule has 0 aliphatic rings. The molecule has 0 heterocycles. The molecule has 2 N–H and O–H groups in total. The van der Waals surface area contributed by atoms with E-state index >= 15 is 0 Å².